The lowest BCUT2D eigenvalue weighted by molar-refractivity contribution is 0.140. The average Bonchev–Trinajstić information content (AvgIpc) is 2.34. The van der Waals surface area contributed by atoms with E-state index in [1.807, 2.05) is 0 Å². The predicted octanol–water partition coefficient (Wildman–Crippen LogP) is 2.14. The molecule has 1 aliphatic heterocycles. The molecule has 0 aliphatic carbocycles. The van der Waals surface area contributed by atoms with E-state index in [1.54, 1.807) is 7.11 Å². The number of nitrogens with zero attached hydrogens (tertiary/aromatic N) is 1. The molecule has 0 radical (unpaired) electrons. The molecule has 1 aliphatic rings. The van der Waals surface area contributed by atoms with Crippen LogP contribution in [0.15, 0.2) is 24.3 Å². The minimum atomic E-state index is 0.385. The zero-order valence-electron chi connectivity index (χ0n) is 11.4. The highest BCUT2D eigenvalue weighted by molar-refractivity contribution is 5.23. The Kier molecular flexibility index (Phi) is 4.75. The fourth-order valence-electron chi connectivity index (χ4n) is 2.71. The van der Waals surface area contributed by atoms with E-state index in [0.29, 0.717) is 18.7 Å². The van der Waals surface area contributed by atoms with Gasteiger partial charge in [0, 0.05) is 32.3 Å². The second-order valence-electron chi connectivity index (χ2n) is 5.36. The van der Waals surface area contributed by atoms with E-state index in [1.165, 1.54) is 11.1 Å². The molecule has 3 heteroatoms. The standard InChI is InChI=1S/C15H24N2O/c1-12-8-15(16)6-7-17(12)10-13-4-3-5-14(9-13)11-18-2/h3-5,9,12,15H,6-8,10-11,16H2,1-2H3. The van der Waals surface area contributed by atoms with E-state index in [2.05, 4.69) is 36.1 Å². The monoisotopic (exact) mass is 248 g/mol. The van der Waals surface area contributed by atoms with E-state index in [4.69, 9.17) is 10.5 Å². The highest BCUT2D eigenvalue weighted by atomic mass is 16.5. The quantitative estimate of drug-likeness (QED) is 0.887. The van der Waals surface area contributed by atoms with Crippen molar-refractivity contribution < 1.29 is 4.74 Å². The molecule has 2 rings (SSSR count). The third kappa shape index (κ3) is 3.55. The molecule has 1 heterocycles. The number of nitrogens with two attached hydrogens (primary N) is 1. The molecule has 2 unspecified atom stereocenters. The highest BCUT2D eigenvalue weighted by Crippen LogP contribution is 2.19. The van der Waals surface area contributed by atoms with Gasteiger partial charge < -0.3 is 10.5 Å². The van der Waals surface area contributed by atoms with Crippen LogP contribution in [0.2, 0.25) is 0 Å². The molecule has 1 fully saturated rings. The molecule has 0 bridgehead atoms. The maximum absolute atomic E-state index is 6.00. The van der Waals surface area contributed by atoms with Crippen molar-refractivity contribution in [3.63, 3.8) is 0 Å². The molecular formula is C15H24N2O. The summed E-state index contributed by atoms with van der Waals surface area (Å²) >= 11 is 0. The van der Waals surface area contributed by atoms with Crippen LogP contribution in [-0.2, 0) is 17.9 Å². The fraction of sp³-hybridized carbons (Fsp3) is 0.600. The Balaban J connectivity index is 1.98. The van der Waals surface area contributed by atoms with Crippen LogP contribution in [0.1, 0.15) is 30.9 Å². The highest BCUT2D eigenvalue weighted by Gasteiger charge is 2.22. The van der Waals surface area contributed by atoms with Crippen molar-refractivity contribution >= 4 is 0 Å². The Bertz CT molecular complexity index is 381. The summed E-state index contributed by atoms with van der Waals surface area (Å²) in [4.78, 5) is 2.52. The van der Waals surface area contributed by atoms with Crippen molar-refractivity contribution in [2.45, 2.75) is 45.0 Å². The van der Waals surface area contributed by atoms with Crippen molar-refractivity contribution in [2.24, 2.45) is 5.73 Å². The average molecular weight is 248 g/mol. The molecule has 1 saturated heterocycles. The zero-order valence-corrected chi connectivity index (χ0v) is 11.4. The van der Waals surface area contributed by atoms with Crippen molar-refractivity contribution in [1.29, 1.82) is 0 Å². The zero-order chi connectivity index (χ0) is 13.0. The van der Waals surface area contributed by atoms with Crippen molar-refractivity contribution in [3.05, 3.63) is 35.4 Å². The number of hydrogen-bond acceptors (Lipinski definition) is 3. The molecule has 18 heavy (non-hydrogen) atoms. The van der Waals surface area contributed by atoms with Gasteiger partial charge in [0.15, 0.2) is 0 Å². The van der Waals surface area contributed by atoms with E-state index in [-0.39, 0.29) is 0 Å². The van der Waals surface area contributed by atoms with Crippen LogP contribution in [0.3, 0.4) is 0 Å². The molecular weight excluding hydrogens is 224 g/mol. The normalized spacial score (nSPS) is 25.3. The third-order valence-corrected chi connectivity index (χ3v) is 3.74. The molecule has 3 nitrogen and oxygen atoms in total. The largest absolute Gasteiger partial charge is 0.380 e. The van der Waals surface area contributed by atoms with Crippen molar-refractivity contribution in [2.75, 3.05) is 13.7 Å². The lowest BCUT2D eigenvalue weighted by Gasteiger charge is -2.36. The molecule has 1 aromatic carbocycles. The smallest absolute Gasteiger partial charge is 0.0713 e. The van der Waals surface area contributed by atoms with Gasteiger partial charge in [-0.15, -0.1) is 0 Å². The Morgan fingerprint density at radius 3 is 2.89 bits per heavy atom. The minimum absolute atomic E-state index is 0.385. The van der Waals surface area contributed by atoms with Gasteiger partial charge >= 0.3 is 0 Å². The maximum Gasteiger partial charge on any atom is 0.0713 e. The first kappa shape index (κ1) is 13.5. The van der Waals surface area contributed by atoms with Gasteiger partial charge in [0.1, 0.15) is 0 Å². The fourth-order valence-corrected chi connectivity index (χ4v) is 2.71. The molecule has 0 amide bonds. The molecule has 0 spiro atoms. The van der Waals surface area contributed by atoms with Gasteiger partial charge in [-0.1, -0.05) is 24.3 Å². The van der Waals surface area contributed by atoms with Crippen LogP contribution in [-0.4, -0.2) is 30.6 Å². The van der Waals surface area contributed by atoms with E-state index < -0.39 is 0 Å². The second kappa shape index (κ2) is 6.32. The number of likely N-dealkylation sites (tertiary alicyclic amines) is 1. The minimum Gasteiger partial charge on any atom is -0.380 e. The lowest BCUT2D eigenvalue weighted by Crippen LogP contribution is -2.44. The van der Waals surface area contributed by atoms with Crippen LogP contribution >= 0.6 is 0 Å². The Hall–Kier alpha value is -0.900. The van der Waals surface area contributed by atoms with Crippen LogP contribution in [0.5, 0.6) is 0 Å². The number of ether oxygens (including phenoxy) is 1. The number of benzene rings is 1. The maximum atomic E-state index is 6.00. The Labute approximate surface area is 110 Å². The summed E-state index contributed by atoms with van der Waals surface area (Å²) in [7, 11) is 1.74. The SMILES string of the molecule is COCc1cccc(CN2CCC(N)CC2C)c1. The van der Waals surface area contributed by atoms with Crippen molar-refractivity contribution in [3.8, 4) is 0 Å². The Morgan fingerprint density at radius 1 is 1.39 bits per heavy atom. The third-order valence-electron chi connectivity index (χ3n) is 3.74. The van der Waals surface area contributed by atoms with Crippen LogP contribution in [0.4, 0.5) is 0 Å². The van der Waals surface area contributed by atoms with Crippen LogP contribution in [0.25, 0.3) is 0 Å². The van der Waals surface area contributed by atoms with Gasteiger partial charge in [-0.2, -0.15) is 0 Å². The van der Waals surface area contributed by atoms with Gasteiger partial charge in [-0.25, -0.2) is 0 Å². The van der Waals surface area contributed by atoms with Crippen LogP contribution in [0, 0.1) is 0 Å². The predicted molar refractivity (Wildman–Crippen MR) is 74.2 cm³/mol. The molecule has 1 aromatic rings. The lowest BCUT2D eigenvalue weighted by atomic mass is 9.98. The molecule has 2 atom stereocenters. The van der Waals surface area contributed by atoms with E-state index in [9.17, 15) is 0 Å². The Morgan fingerprint density at radius 2 is 2.17 bits per heavy atom. The number of methoxy groups -OCH3 is 1. The number of hydrogen-bond donors (Lipinski definition) is 1. The summed E-state index contributed by atoms with van der Waals surface area (Å²) in [5.74, 6) is 0. The summed E-state index contributed by atoms with van der Waals surface area (Å²) in [5.41, 5.74) is 8.62. The van der Waals surface area contributed by atoms with Gasteiger partial charge in [0.2, 0.25) is 0 Å². The first-order chi connectivity index (χ1) is 8.69. The number of rotatable bonds is 4. The summed E-state index contributed by atoms with van der Waals surface area (Å²) < 4.78 is 5.18. The molecule has 2 N–H and O–H groups in total. The van der Waals surface area contributed by atoms with Gasteiger partial charge in [-0.3, -0.25) is 4.90 Å². The van der Waals surface area contributed by atoms with Crippen LogP contribution < -0.4 is 5.73 Å². The van der Waals surface area contributed by atoms with E-state index in [0.717, 1.165) is 25.9 Å². The summed E-state index contributed by atoms with van der Waals surface area (Å²) in [6, 6.07) is 9.63. The first-order valence-electron chi connectivity index (χ1n) is 6.75. The molecule has 100 valence electrons. The van der Waals surface area contributed by atoms with Gasteiger partial charge in [0.05, 0.1) is 6.61 Å². The second-order valence-corrected chi connectivity index (χ2v) is 5.36. The summed E-state index contributed by atoms with van der Waals surface area (Å²) in [5, 5.41) is 0. The first-order valence-corrected chi connectivity index (χ1v) is 6.75. The summed E-state index contributed by atoms with van der Waals surface area (Å²) in [6.07, 6.45) is 2.22. The molecule has 0 saturated carbocycles. The molecule has 0 aromatic heterocycles. The van der Waals surface area contributed by atoms with Crippen molar-refractivity contribution in [1.82, 2.24) is 4.90 Å². The topological polar surface area (TPSA) is 38.5 Å². The van der Waals surface area contributed by atoms with E-state index >= 15 is 0 Å². The summed E-state index contributed by atoms with van der Waals surface area (Å²) in [6.45, 7) is 5.09. The van der Waals surface area contributed by atoms with Gasteiger partial charge in [0.25, 0.3) is 0 Å². The van der Waals surface area contributed by atoms with Gasteiger partial charge in [-0.05, 0) is 30.9 Å². The number of piperidine rings is 1.